The van der Waals surface area contributed by atoms with Gasteiger partial charge in [-0.2, -0.15) is 0 Å². The summed E-state index contributed by atoms with van der Waals surface area (Å²) in [4.78, 5) is 0. The third kappa shape index (κ3) is 3.30. The first-order valence-electron chi connectivity index (χ1n) is 5.77. The van der Waals surface area contributed by atoms with E-state index in [-0.39, 0.29) is 6.10 Å². The minimum Gasteiger partial charge on any atom is -0.388 e. The van der Waals surface area contributed by atoms with Crippen molar-refractivity contribution in [2.45, 2.75) is 31.7 Å². The van der Waals surface area contributed by atoms with Crippen LogP contribution in [-0.2, 0) is 16.1 Å². The number of rotatable bonds is 3. The van der Waals surface area contributed by atoms with Crippen LogP contribution in [0.1, 0.15) is 18.4 Å². The molecule has 2 rings (SSSR count). The van der Waals surface area contributed by atoms with Gasteiger partial charge in [-0.1, -0.05) is 30.3 Å². The SMILES string of the molecule is OC1COCCCC1OCc1ccccc1. The molecule has 0 amide bonds. The molecule has 88 valence electrons. The van der Waals surface area contributed by atoms with Crippen LogP contribution in [0.15, 0.2) is 30.3 Å². The molecule has 1 fully saturated rings. The van der Waals surface area contributed by atoms with Gasteiger partial charge in [0.1, 0.15) is 6.10 Å². The summed E-state index contributed by atoms with van der Waals surface area (Å²) in [6.07, 6.45) is 1.23. The second kappa shape index (κ2) is 5.99. The van der Waals surface area contributed by atoms with E-state index in [1.54, 1.807) is 0 Å². The smallest absolute Gasteiger partial charge is 0.103 e. The van der Waals surface area contributed by atoms with Gasteiger partial charge in [-0.15, -0.1) is 0 Å². The Morgan fingerprint density at radius 3 is 2.94 bits per heavy atom. The first kappa shape index (κ1) is 11.6. The summed E-state index contributed by atoms with van der Waals surface area (Å²) < 4.78 is 11.0. The van der Waals surface area contributed by atoms with Gasteiger partial charge < -0.3 is 14.6 Å². The number of aliphatic hydroxyl groups excluding tert-OH is 1. The van der Waals surface area contributed by atoms with E-state index in [9.17, 15) is 5.11 Å². The first-order chi connectivity index (χ1) is 7.86. The van der Waals surface area contributed by atoms with Crippen LogP contribution in [0.2, 0.25) is 0 Å². The fourth-order valence-electron chi connectivity index (χ4n) is 1.86. The molecule has 1 aliphatic heterocycles. The molecule has 0 saturated carbocycles. The normalized spacial score (nSPS) is 26.3. The van der Waals surface area contributed by atoms with Crippen molar-refractivity contribution in [1.29, 1.82) is 0 Å². The fraction of sp³-hybridized carbons (Fsp3) is 0.538. The molecule has 1 aromatic rings. The molecule has 3 heteroatoms. The summed E-state index contributed by atoms with van der Waals surface area (Å²) in [6, 6.07) is 10.0. The van der Waals surface area contributed by atoms with Gasteiger partial charge in [0.05, 0.1) is 19.3 Å². The minimum absolute atomic E-state index is 0.0947. The van der Waals surface area contributed by atoms with Crippen molar-refractivity contribution < 1.29 is 14.6 Å². The lowest BCUT2D eigenvalue weighted by molar-refractivity contribution is -0.0635. The zero-order chi connectivity index (χ0) is 11.2. The zero-order valence-electron chi connectivity index (χ0n) is 9.34. The molecule has 16 heavy (non-hydrogen) atoms. The molecule has 2 unspecified atom stereocenters. The van der Waals surface area contributed by atoms with Crippen molar-refractivity contribution in [2.24, 2.45) is 0 Å². The average molecular weight is 222 g/mol. The van der Waals surface area contributed by atoms with E-state index in [4.69, 9.17) is 9.47 Å². The highest BCUT2D eigenvalue weighted by Crippen LogP contribution is 2.14. The lowest BCUT2D eigenvalue weighted by Gasteiger charge is -2.20. The maximum absolute atomic E-state index is 9.78. The number of hydrogen-bond donors (Lipinski definition) is 1. The summed E-state index contributed by atoms with van der Waals surface area (Å²) in [7, 11) is 0. The Balaban J connectivity index is 1.84. The predicted octanol–water partition coefficient (Wildman–Crippen LogP) is 1.74. The quantitative estimate of drug-likeness (QED) is 0.846. The van der Waals surface area contributed by atoms with E-state index in [1.165, 1.54) is 0 Å². The molecule has 2 atom stereocenters. The standard InChI is InChI=1S/C13H18O3/c14-12-10-15-8-4-7-13(12)16-9-11-5-2-1-3-6-11/h1-3,5-6,12-14H,4,7-10H2. The summed E-state index contributed by atoms with van der Waals surface area (Å²) in [6.45, 7) is 1.67. The minimum atomic E-state index is -0.494. The van der Waals surface area contributed by atoms with Gasteiger partial charge in [-0.05, 0) is 18.4 Å². The third-order valence-electron chi connectivity index (χ3n) is 2.80. The van der Waals surface area contributed by atoms with E-state index >= 15 is 0 Å². The van der Waals surface area contributed by atoms with Crippen LogP contribution < -0.4 is 0 Å². The van der Waals surface area contributed by atoms with Crippen molar-refractivity contribution in [3.63, 3.8) is 0 Å². The highest BCUT2D eigenvalue weighted by atomic mass is 16.5. The number of ether oxygens (including phenoxy) is 2. The Morgan fingerprint density at radius 1 is 1.31 bits per heavy atom. The van der Waals surface area contributed by atoms with Gasteiger partial charge in [0.25, 0.3) is 0 Å². The lowest BCUT2D eigenvalue weighted by atomic mass is 10.1. The third-order valence-corrected chi connectivity index (χ3v) is 2.80. The highest BCUT2D eigenvalue weighted by molar-refractivity contribution is 5.13. The zero-order valence-corrected chi connectivity index (χ0v) is 9.34. The molecule has 0 aromatic heterocycles. The Morgan fingerprint density at radius 2 is 2.12 bits per heavy atom. The molecular weight excluding hydrogens is 204 g/mol. The molecule has 0 radical (unpaired) electrons. The predicted molar refractivity (Wildman–Crippen MR) is 61.1 cm³/mol. The molecule has 0 aliphatic carbocycles. The van der Waals surface area contributed by atoms with Crippen molar-refractivity contribution >= 4 is 0 Å². The first-order valence-corrected chi connectivity index (χ1v) is 5.77. The van der Waals surface area contributed by atoms with Crippen LogP contribution in [0.5, 0.6) is 0 Å². The van der Waals surface area contributed by atoms with E-state index in [0.29, 0.717) is 13.2 Å². The number of benzene rings is 1. The van der Waals surface area contributed by atoms with Crippen LogP contribution in [0, 0.1) is 0 Å². The van der Waals surface area contributed by atoms with E-state index < -0.39 is 6.10 Å². The maximum atomic E-state index is 9.78. The van der Waals surface area contributed by atoms with Crippen molar-refractivity contribution in [3.05, 3.63) is 35.9 Å². The Kier molecular flexibility index (Phi) is 4.34. The largest absolute Gasteiger partial charge is 0.388 e. The van der Waals surface area contributed by atoms with Crippen LogP contribution in [-0.4, -0.2) is 30.5 Å². The summed E-state index contributed by atoms with van der Waals surface area (Å²) >= 11 is 0. The summed E-state index contributed by atoms with van der Waals surface area (Å²) in [5, 5.41) is 9.78. The maximum Gasteiger partial charge on any atom is 0.103 e. The fourth-order valence-corrected chi connectivity index (χ4v) is 1.86. The molecule has 1 aliphatic rings. The van der Waals surface area contributed by atoms with Crippen LogP contribution in [0.4, 0.5) is 0 Å². The highest BCUT2D eigenvalue weighted by Gasteiger charge is 2.22. The summed E-state index contributed by atoms with van der Waals surface area (Å²) in [5.41, 5.74) is 1.14. The van der Waals surface area contributed by atoms with Crippen LogP contribution in [0.3, 0.4) is 0 Å². The van der Waals surface area contributed by atoms with Crippen molar-refractivity contribution in [3.8, 4) is 0 Å². The van der Waals surface area contributed by atoms with Crippen molar-refractivity contribution in [2.75, 3.05) is 13.2 Å². The summed E-state index contributed by atoms with van der Waals surface area (Å²) in [5.74, 6) is 0. The Labute approximate surface area is 96.0 Å². The number of aliphatic hydroxyl groups is 1. The van der Waals surface area contributed by atoms with Gasteiger partial charge in [-0.3, -0.25) is 0 Å². The second-order valence-corrected chi connectivity index (χ2v) is 4.12. The van der Waals surface area contributed by atoms with Gasteiger partial charge >= 0.3 is 0 Å². The van der Waals surface area contributed by atoms with Gasteiger partial charge in [0, 0.05) is 6.61 Å². The molecule has 0 spiro atoms. The van der Waals surface area contributed by atoms with E-state index in [0.717, 1.165) is 25.0 Å². The van der Waals surface area contributed by atoms with Crippen LogP contribution in [0.25, 0.3) is 0 Å². The molecule has 1 heterocycles. The topological polar surface area (TPSA) is 38.7 Å². The molecule has 1 aromatic carbocycles. The molecule has 1 N–H and O–H groups in total. The molecule has 3 nitrogen and oxygen atoms in total. The van der Waals surface area contributed by atoms with Gasteiger partial charge in [0.2, 0.25) is 0 Å². The second-order valence-electron chi connectivity index (χ2n) is 4.12. The lowest BCUT2D eigenvalue weighted by Crippen LogP contribution is -2.30. The molecular formula is C13H18O3. The van der Waals surface area contributed by atoms with Crippen LogP contribution >= 0.6 is 0 Å². The Bertz CT molecular complexity index is 299. The monoisotopic (exact) mass is 222 g/mol. The average Bonchev–Trinajstić information content (AvgIpc) is 2.53. The van der Waals surface area contributed by atoms with Crippen molar-refractivity contribution in [1.82, 2.24) is 0 Å². The molecule has 0 bridgehead atoms. The van der Waals surface area contributed by atoms with E-state index in [2.05, 4.69) is 0 Å². The number of hydrogen-bond acceptors (Lipinski definition) is 3. The Hall–Kier alpha value is -0.900. The van der Waals surface area contributed by atoms with Gasteiger partial charge in [-0.25, -0.2) is 0 Å². The molecule has 1 saturated heterocycles. The van der Waals surface area contributed by atoms with Gasteiger partial charge in [0.15, 0.2) is 0 Å². The van der Waals surface area contributed by atoms with E-state index in [1.807, 2.05) is 30.3 Å².